The third-order valence-corrected chi connectivity index (χ3v) is 3.27. The lowest BCUT2D eigenvalue weighted by Crippen LogP contribution is -1.98. The van der Waals surface area contributed by atoms with Crippen LogP contribution in [-0.2, 0) is 13.2 Å². The molecule has 0 fully saturated rings. The lowest BCUT2D eigenvalue weighted by molar-refractivity contribution is 0.306. The number of rotatable bonds is 5. The first-order valence-electron chi connectivity index (χ1n) is 6.86. The van der Waals surface area contributed by atoms with Crippen LogP contribution < -0.4 is 4.74 Å². The average molecular weight is 281 g/mol. The van der Waals surface area contributed by atoms with Crippen LogP contribution in [0.1, 0.15) is 11.1 Å². The van der Waals surface area contributed by atoms with Crippen molar-refractivity contribution in [3.05, 3.63) is 90.0 Å². The van der Waals surface area contributed by atoms with E-state index in [1.165, 1.54) is 17.7 Å². The molecule has 0 aliphatic carbocycles. The van der Waals surface area contributed by atoms with Crippen molar-refractivity contribution in [1.82, 2.24) is 4.57 Å². The predicted octanol–water partition coefficient (Wildman–Crippen LogP) is 4.25. The van der Waals surface area contributed by atoms with Gasteiger partial charge in [-0.2, -0.15) is 0 Å². The molecule has 3 aromatic rings. The molecule has 3 heteroatoms. The Bertz CT molecular complexity index is 672. The van der Waals surface area contributed by atoms with Crippen molar-refractivity contribution in [3.63, 3.8) is 0 Å². The molecule has 0 radical (unpaired) electrons. The van der Waals surface area contributed by atoms with Gasteiger partial charge in [0.1, 0.15) is 18.2 Å². The Balaban J connectivity index is 1.58. The topological polar surface area (TPSA) is 14.2 Å². The quantitative estimate of drug-likeness (QED) is 0.681. The molecule has 0 saturated carbocycles. The van der Waals surface area contributed by atoms with Gasteiger partial charge in [-0.05, 0) is 47.5 Å². The molecule has 1 heterocycles. The molecule has 0 atom stereocenters. The Morgan fingerprint density at radius 3 is 2.10 bits per heavy atom. The summed E-state index contributed by atoms with van der Waals surface area (Å²) in [6.07, 6.45) is 4.08. The maximum absolute atomic E-state index is 12.8. The monoisotopic (exact) mass is 281 g/mol. The van der Waals surface area contributed by atoms with Crippen LogP contribution in [0.3, 0.4) is 0 Å². The van der Waals surface area contributed by atoms with Gasteiger partial charge in [0.25, 0.3) is 0 Å². The van der Waals surface area contributed by atoms with Crippen molar-refractivity contribution in [1.29, 1.82) is 0 Å². The van der Waals surface area contributed by atoms with E-state index in [0.717, 1.165) is 17.9 Å². The Hall–Kier alpha value is -2.55. The molecule has 3 rings (SSSR count). The normalized spacial score (nSPS) is 10.5. The molecular formula is C18H16FNO. The third-order valence-electron chi connectivity index (χ3n) is 3.27. The average Bonchev–Trinajstić information content (AvgIpc) is 3.01. The summed E-state index contributed by atoms with van der Waals surface area (Å²) in [7, 11) is 0. The Kier molecular flexibility index (Phi) is 4.01. The Labute approximate surface area is 123 Å². The SMILES string of the molecule is Fc1ccc(COc2ccc(Cn3cccc3)cc2)cc1. The molecule has 21 heavy (non-hydrogen) atoms. The number of halogens is 1. The third kappa shape index (κ3) is 3.72. The minimum absolute atomic E-state index is 0.229. The van der Waals surface area contributed by atoms with Crippen LogP contribution in [0.2, 0.25) is 0 Å². The first kappa shape index (κ1) is 13.4. The van der Waals surface area contributed by atoms with Crippen molar-refractivity contribution in [2.45, 2.75) is 13.2 Å². The summed E-state index contributed by atoms with van der Waals surface area (Å²) in [6, 6.07) is 18.4. The fourth-order valence-corrected chi connectivity index (χ4v) is 2.12. The van der Waals surface area contributed by atoms with Crippen molar-refractivity contribution >= 4 is 0 Å². The second-order valence-electron chi connectivity index (χ2n) is 4.91. The summed E-state index contributed by atoms with van der Waals surface area (Å²) < 4.78 is 20.6. The Morgan fingerprint density at radius 2 is 1.43 bits per heavy atom. The van der Waals surface area contributed by atoms with E-state index in [1.54, 1.807) is 12.1 Å². The minimum atomic E-state index is -0.229. The van der Waals surface area contributed by atoms with E-state index in [1.807, 2.05) is 36.7 Å². The van der Waals surface area contributed by atoms with E-state index in [9.17, 15) is 4.39 Å². The minimum Gasteiger partial charge on any atom is -0.489 e. The lowest BCUT2D eigenvalue weighted by atomic mass is 10.2. The van der Waals surface area contributed by atoms with Gasteiger partial charge in [0.15, 0.2) is 0 Å². The van der Waals surface area contributed by atoms with Crippen LogP contribution in [0.15, 0.2) is 73.1 Å². The lowest BCUT2D eigenvalue weighted by Gasteiger charge is -2.08. The zero-order valence-corrected chi connectivity index (χ0v) is 11.6. The summed E-state index contributed by atoms with van der Waals surface area (Å²) in [5, 5.41) is 0. The Morgan fingerprint density at radius 1 is 0.810 bits per heavy atom. The maximum atomic E-state index is 12.8. The van der Waals surface area contributed by atoms with Crippen molar-refractivity contribution in [2.75, 3.05) is 0 Å². The fourth-order valence-electron chi connectivity index (χ4n) is 2.12. The number of nitrogens with zero attached hydrogens (tertiary/aromatic N) is 1. The van der Waals surface area contributed by atoms with Crippen molar-refractivity contribution < 1.29 is 9.13 Å². The van der Waals surface area contributed by atoms with E-state index in [2.05, 4.69) is 16.7 Å². The molecule has 0 aliphatic rings. The molecule has 1 aromatic heterocycles. The second kappa shape index (κ2) is 6.27. The molecule has 106 valence electrons. The number of benzene rings is 2. The molecule has 0 N–H and O–H groups in total. The zero-order chi connectivity index (χ0) is 14.5. The van der Waals surface area contributed by atoms with E-state index in [0.29, 0.717) is 6.61 Å². The maximum Gasteiger partial charge on any atom is 0.123 e. The standard InChI is InChI=1S/C18H16FNO/c19-17-7-3-16(4-8-17)14-21-18-9-5-15(6-10-18)13-20-11-1-2-12-20/h1-12H,13-14H2. The number of hydrogen-bond acceptors (Lipinski definition) is 1. The van der Waals surface area contributed by atoms with E-state index in [-0.39, 0.29) is 5.82 Å². The van der Waals surface area contributed by atoms with Crippen LogP contribution in [0.4, 0.5) is 4.39 Å². The first-order chi connectivity index (χ1) is 10.3. The predicted molar refractivity (Wildman–Crippen MR) is 80.7 cm³/mol. The van der Waals surface area contributed by atoms with Gasteiger partial charge in [0.2, 0.25) is 0 Å². The van der Waals surface area contributed by atoms with Crippen LogP contribution in [0, 0.1) is 5.82 Å². The summed E-state index contributed by atoms with van der Waals surface area (Å²) >= 11 is 0. The molecule has 2 nitrogen and oxygen atoms in total. The summed E-state index contributed by atoms with van der Waals surface area (Å²) in [4.78, 5) is 0. The van der Waals surface area contributed by atoms with Crippen LogP contribution in [-0.4, -0.2) is 4.57 Å². The van der Waals surface area contributed by atoms with Gasteiger partial charge in [-0.1, -0.05) is 24.3 Å². The van der Waals surface area contributed by atoms with Crippen LogP contribution in [0.5, 0.6) is 5.75 Å². The van der Waals surface area contributed by atoms with Gasteiger partial charge in [-0.3, -0.25) is 0 Å². The molecule has 0 spiro atoms. The number of aromatic nitrogens is 1. The molecule has 0 amide bonds. The molecule has 2 aromatic carbocycles. The van der Waals surface area contributed by atoms with Gasteiger partial charge in [0.05, 0.1) is 0 Å². The molecule has 0 saturated heterocycles. The summed E-state index contributed by atoms with van der Waals surface area (Å²) in [5.41, 5.74) is 2.17. The van der Waals surface area contributed by atoms with Crippen LogP contribution >= 0.6 is 0 Å². The van der Waals surface area contributed by atoms with Gasteiger partial charge >= 0.3 is 0 Å². The fraction of sp³-hybridized carbons (Fsp3) is 0.111. The highest BCUT2D eigenvalue weighted by Gasteiger charge is 1.98. The van der Waals surface area contributed by atoms with Gasteiger partial charge in [-0.25, -0.2) is 4.39 Å². The van der Waals surface area contributed by atoms with E-state index >= 15 is 0 Å². The second-order valence-corrected chi connectivity index (χ2v) is 4.91. The number of hydrogen-bond donors (Lipinski definition) is 0. The highest BCUT2D eigenvalue weighted by molar-refractivity contribution is 5.28. The van der Waals surface area contributed by atoms with Crippen molar-refractivity contribution in [2.24, 2.45) is 0 Å². The molecule has 0 unspecified atom stereocenters. The van der Waals surface area contributed by atoms with Gasteiger partial charge in [-0.15, -0.1) is 0 Å². The highest BCUT2D eigenvalue weighted by atomic mass is 19.1. The molecular weight excluding hydrogens is 265 g/mol. The highest BCUT2D eigenvalue weighted by Crippen LogP contribution is 2.15. The zero-order valence-electron chi connectivity index (χ0n) is 11.6. The van der Waals surface area contributed by atoms with Gasteiger partial charge in [0, 0.05) is 18.9 Å². The smallest absolute Gasteiger partial charge is 0.123 e. The van der Waals surface area contributed by atoms with E-state index < -0.39 is 0 Å². The molecule has 0 aliphatic heterocycles. The van der Waals surface area contributed by atoms with E-state index in [4.69, 9.17) is 4.74 Å². The van der Waals surface area contributed by atoms with Gasteiger partial charge < -0.3 is 9.30 Å². The molecule has 0 bridgehead atoms. The van der Waals surface area contributed by atoms with Crippen LogP contribution in [0.25, 0.3) is 0 Å². The summed E-state index contributed by atoms with van der Waals surface area (Å²) in [5.74, 6) is 0.587. The number of ether oxygens (including phenoxy) is 1. The largest absolute Gasteiger partial charge is 0.489 e. The summed E-state index contributed by atoms with van der Waals surface area (Å²) in [6.45, 7) is 1.29. The van der Waals surface area contributed by atoms with Crippen molar-refractivity contribution in [3.8, 4) is 5.75 Å². The first-order valence-corrected chi connectivity index (χ1v) is 6.86.